The summed E-state index contributed by atoms with van der Waals surface area (Å²) >= 11 is 6.01. The van der Waals surface area contributed by atoms with Crippen molar-refractivity contribution in [3.63, 3.8) is 0 Å². The van der Waals surface area contributed by atoms with Gasteiger partial charge in [-0.1, -0.05) is 23.7 Å². The summed E-state index contributed by atoms with van der Waals surface area (Å²) in [5, 5.41) is 0.134. The van der Waals surface area contributed by atoms with Gasteiger partial charge in [-0.3, -0.25) is 4.99 Å². The Labute approximate surface area is 200 Å². The van der Waals surface area contributed by atoms with E-state index in [-0.39, 0.29) is 5.02 Å². The van der Waals surface area contributed by atoms with E-state index in [1.807, 2.05) is 13.1 Å². The second kappa shape index (κ2) is 7.84. The molecule has 0 radical (unpaired) electrons. The highest BCUT2D eigenvalue weighted by Gasteiger charge is 2.51. The van der Waals surface area contributed by atoms with Crippen LogP contribution in [-0.2, 0) is 5.41 Å². The minimum atomic E-state index is -0.401. The Bertz CT molecular complexity index is 1200. The van der Waals surface area contributed by atoms with Crippen LogP contribution >= 0.6 is 11.6 Å². The zero-order chi connectivity index (χ0) is 22.7. The molecule has 0 spiro atoms. The molecule has 1 heterocycles. The van der Waals surface area contributed by atoms with Crippen molar-refractivity contribution in [3.05, 3.63) is 81.9 Å². The van der Waals surface area contributed by atoms with Gasteiger partial charge in [-0.15, -0.1) is 0 Å². The number of hydrogen-bond donors (Lipinski definition) is 0. The minimum absolute atomic E-state index is 0.134. The zero-order valence-corrected chi connectivity index (χ0v) is 20.1. The lowest BCUT2D eigenvalue weighted by atomic mass is 9.48. The summed E-state index contributed by atoms with van der Waals surface area (Å²) in [5.41, 5.74) is 6.98. The van der Waals surface area contributed by atoms with Gasteiger partial charge in [0, 0.05) is 28.9 Å². The summed E-state index contributed by atoms with van der Waals surface area (Å²) in [6.07, 6.45) is 10.5. The lowest BCUT2D eigenvalue weighted by Crippen LogP contribution is -2.48. The molecule has 0 unspecified atom stereocenters. The third-order valence-corrected chi connectivity index (χ3v) is 8.79. The van der Waals surface area contributed by atoms with Gasteiger partial charge >= 0.3 is 0 Å². The van der Waals surface area contributed by atoms with Crippen LogP contribution in [0.3, 0.4) is 0 Å². The summed E-state index contributed by atoms with van der Waals surface area (Å²) in [5.74, 6) is 2.47. The van der Waals surface area contributed by atoms with Crippen LogP contribution in [0.1, 0.15) is 61.0 Å². The first-order valence-corrected chi connectivity index (χ1v) is 12.6. The Kier molecular flexibility index (Phi) is 5.03. The molecule has 3 aromatic rings. The maximum Gasteiger partial charge on any atom is 0.141 e. The maximum absolute atomic E-state index is 13.6. The SMILES string of the molecule is Cc1cc(C=Nc2ccc(C34CC5CC(CC(C5)C3)C4)cc2)c(C)n1-c1ccc(F)c(Cl)c1. The molecule has 2 aromatic carbocycles. The molecule has 4 bridgehead atoms. The number of nitrogens with zero attached hydrogens (tertiary/aromatic N) is 2. The van der Waals surface area contributed by atoms with Crippen molar-refractivity contribution in [1.82, 2.24) is 4.57 Å². The first kappa shape index (κ1) is 21.2. The van der Waals surface area contributed by atoms with Crippen LogP contribution in [0.25, 0.3) is 5.69 Å². The van der Waals surface area contributed by atoms with Crippen LogP contribution < -0.4 is 0 Å². The van der Waals surface area contributed by atoms with Crippen LogP contribution in [-0.4, -0.2) is 10.8 Å². The number of aryl methyl sites for hydroxylation is 1. The van der Waals surface area contributed by atoms with E-state index >= 15 is 0 Å². The molecular formula is C29H30ClFN2. The molecule has 0 saturated heterocycles. The van der Waals surface area contributed by atoms with E-state index in [2.05, 4.69) is 41.8 Å². The smallest absolute Gasteiger partial charge is 0.141 e. The zero-order valence-electron chi connectivity index (χ0n) is 19.3. The molecule has 1 aromatic heterocycles. The van der Waals surface area contributed by atoms with E-state index in [9.17, 15) is 4.39 Å². The fraction of sp³-hybridized carbons (Fsp3) is 0.414. The van der Waals surface area contributed by atoms with Gasteiger partial charge in [-0.2, -0.15) is 0 Å². The highest BCUT2D eigenvalue weighted by Crippen LogP contribution is 2.60. The minimum Gasteiger partial charge on any atom is -0.318 e. The third-order valence-electron chi connectivity index (χ3n) is 8.50. The summed E-state index contributed by atoms with van der Waals surface area (Å²) in [6, 6.07) is 16.0. The van der Waals surface area contributed by atoms with Crippen LogP contribution in [0, 0.1) is 37.4 Å². The first-order chi connectivity index (χ1) is 15.9. The molecule has 4 heteroatoms. The normalized spacial score (nSPS) is 28.2. The van der Waals surface area contributed by atoms with Gasteiger partial charge in [0.25, 0.3) is 0 Å². The predicted molar refractivity (Wildman–Crippen MR) is 134 cm³/mol. The van der Waals surface area contributed by atoms with Crippen LogP contribution in [0.5, 0.6) is 0 Å². The van der Waals surface area contributed by atoms with E-state index in [0.29, 0.717) is 5.41 Å². The number of benzene rings is 2. The van der Waals surface area contributed by atoms with E-state index in [4.69, 9.17) is 16.6 Å². The van der Waals surface area contributed by atoms with Gasteiger partial charge < -0.3 is 4.57 Å². The molecule has 4 aliphatic rings. The fourth-order valence-corrected chi connectivity index (χ4v) is 7.62. The lowest BCUT2D eigenvalue weighted by Gasteiger charge is -2.57. The summed E-state index contributed by atoms with van der Waals surface area (Å²) < 4.78 is 15.7. The first-order valence-electron chi connectivity index (χ1n) is 12.2. The second-order valence-corrected chi connectivity index (χ2v) is 11.2. The van der Waals surface area contributed by atoms with Crippen LogP contribution in [0.4, 0.5) is 10.1 Å². The number of aliphatic imine (C=N–C) groups is 1. The van der Waals surface area contributed by atoms with Gasteiger partial charge in [0.2, 0.25) is 0 Å². The number of hydrogen-bond acceptors (Lipinski definition) is 1. The van der Waals surface area contributed by atoms with Crippen molar-refractivity contribution in [2.75, 3.05) is 0 Å². The molecule has 4 aliphatic carbocycles. The highest BCUT2D eigenvalue weighted by molar-refractivity contribution is 6.30. The standard InChI is InChI=1S/C29H30ClFN2/c1-18-9-23(19(2)33(18)26-7-8-28(31)27(30)13-26)17-32-25-5-3-24(4-6-25)29-14-20-10-21(15-29)12-22(11-20)16-29/h3-9,13,17,20-22H,10-12,14-16H2,1-2H3. The van der Waals surface area contributed by atoms with Crippen molar-refractivity contribution in [1.29, 1.82) is 0 Å². The quantitative estimate of drug-likeness (QED) is 0.350. The summed E-state index contributed by atoms with van der Waals surface area (Å²) in [7, 11) is 0. The van der Waals surface area contributed by atoms with Crippen molar-refractivity contribution >= 4 is 23.5 Å². The molecule has 0 aliphatic heterocycles. The average molecular weight is 461 g/mol. The van der Waals surface area contributed by atoms with Gasteiger partial charge in [0.15, 0.2) is 0 Å². The van der Waals surface area contributed by atoms with Gasteiger partial charge in [0.05, 0.1) is 10.7 Å². The monoisotopic (exact) mass is 460 g/mol. The van der Waals surface area contributed by atoms with Crippen LogP contribution in [0.15, 0.2) is 53.5 Å². The van der Waals surface area contributed by atoms with Gasteiger partial charge in [0.1, 0.15) is 5.82 Å². The molecule has 170 valence electrons. The Morgan fingerprint density at radius 2 is 1.58 bits per heavy atom. The molecule has 0 N–H and O–H groups in total. The number of rotatable bonds is 4. The van der Waals surface area contributed by atoms with Gasteiger partial charge in [-0.25, -0.2) is 4.39 Å². The molecule has 4 fully saturated rings. The predicted octanol–water partition coefficient (Wildman–Crippen LogP) is 8.11. The Balaban J connectivity index is 1.24. The number of halogens is 2. The summed E-state index contributed by atoms with van der Waals surface area (Å²) in [6.45, 7) is 4.10. The van der Waals surface area contributed by atoms with Crippen molar-refractivity contribution < 1.29 is 4.39 Å². The lowest BCUT2D eigenvalue weighted by molar-refractivity contribution is -0.00518. The van der Waals surface area contributed by atoms with Crippen molar-refractivity contribution in [3.8, 4) is 5.69 Å². The molecule has 4 saturated carbocycles. The third kappa shape index (κ3) is 3.65. The van der Waals surface area contributed by atoms with Crippen LogP contribution in [0.2, 0.25) is 5.02 Å². The van der Waals surface area contributed by atoms with E-state index in [0.717, 1.165) is 46.1 Å². The Morgan fingerprint density at radius 3 is 2.18 bits per heavy atom. The molecule has 0 amide bonds. The molecule has 33 heavy (non-hydrogen) atoms. The fourth-order valence-electron chi connectivity index (χ4n) is 7.45. The van der Waals surface area contributed by atoms with Crippen molar-refractivity contribution in [2.45, 2.75) is 57.8 Å². The highest BCUT2D eigenvalue weighted by atomic mass is 35.5. The molecule has 0 atom stereocenters. The molecular weight excluding hydrogens is 431 g/mol. The molecule has 2 nitrogen and oxygen atoms in total. The maximum atomic E-state index is 13.6. The Morgan fingerprint density at radius 1 is 0.939 bits per heavy atom. The van der Waals surface area contributed by atoms with E-state index in [1.165, 1.54) is 50.2 Å². The van der Waals surface area contributed by atoms with E-state index < -0.39 is 5.82 Å². The molecule has 7 rings (SSSR count). The number of aromatic nitrogens is 1. The second-order valence-electron chi connectivity index (χ2n) is 10.8. The van der Waals surface area contributed by atoms with E-state index in [1.54, 1.807) is 12.1 Å². The largest absolute Gasteiger partial charge is 0.318 e. The topological polar surface area (TPSA) is 17.3 Å². The summed E-state index contributed by atoms with van der Waals surface area (Å²) in [4.78, 5) is 4.78. The Hall–Kier alpha value is -2.39. The van der Waals surface area contributed by atoms with Gasteiger partial charge in [-0.05, 0) is 118 Å². The van der Waals surface area contributed by atoms with Crippen molar-refractivity contribution in [2.24, 2.45) is 22.7 Å². The average Bonchev–Trinajstić information content (AvgIpc) is 3.07.